The Balaban J connectivity index is 2.13. The molecule has 0 saturated heterocycles. The lowest BCUT2D eigenvalue weighted by atomic mass is 10.1. The molecule has 0 saturated carbocycles. The molecule has 0 atom stereocenters. The largest absolute Gasteiger partial charge is 0.366 e. The Morgan fingerprint density at radius 3 is 1.84 bits per heavy atom. The van der Waals surface area contributed by atoms with Crippen molar-refractivity contribution in [2.45, 2.75) is 0 Å². The molecule has 2 rings (SSSR count). The molecule has 0 aliphatic heterocycles. The smallest absolute Gasteiger partial charge is 0.248 e. The van der Waals surface area contributed by atoms with Crippen molar-refractivity contribution in [1.29, 1.82) is 5.26 Å². The fraction of sp³-hybridized carbons (Fsp3) is 0. The fourth-order valence-corrected chi connectivity index (χ4v) is 1.62. The molecule has 0 aliphatic carbocycles. The average Bonchev–Trinajstić information content (AvgIpc) is 2.46. The van der Waals surface area contributed by atoms with Crippen molar-refractivity contribution in [3.8, 4) is 6.07 Å². The van der Waals surface area contributed by atoms with Gasteiger partial charge in [0.05, 0.1) is 11.6 Å². The fourth-order valence-electron chi connectivity index (χ4n) is 1.62. The third kappa shape index (κ3) is 3.30. The number of hydrogen-bond acceptors (Lipinski definition) is 2. The van der Waals surface area contributed by atoms with Crippen molar-refractivity contribution in [3.05, 3.63) is 70.8 Å². The highest BCUT2D eigenvalue weighted by molar-refractivity contribution is 5.93. The van der Waals surface area contributed by atoms with Crippen LogP contribution in [0.25, 0.3) is 12.2 Å². The molecule has 0 heterocycles. The first-order chi connectivity index (χ1) is 9.19. The number of nitrogens with zero attached hydrogens (tertiary/aromatic N) is 1. The predicted octanol–water partition coefficient (Wildman–Crippen LogP) is 2.83. The topological polar surface area (TPSA) is 66.9 Å². The lowest BCUT2D eigenvalue weighted by Crippen LogP contribution is -2.10. The van der Waals surface area contributed by atoms with Crippen LogP contribution in [0.4, 0.5) is 0 Å². The number of carbonyl (C=O) groups is 1. The van der Waals surface area contributed by atoms with E-state index in [0.717, 1.165) is 11.1 Å². The summed E-state index contributed by atoms with van der Waals surface area (Å²) in [5.41, 5.74) is 8.30. The van der Waals surface area contributed by atoms with Crippen LogP contribution in [0.3, 0.4) is 0 Å². The monoisotopic (exact) mass is 248 g/mol. The maximum absolute atomic E-state index is 10.9. The van der Waals surface area contributed by atoms with E-state index in [4.69, 9.17) is 11.0 Å². The van der Waals surface area contributed by atoms with Gasteiger partial charge in [-0.2, -0.15) is 5.26 Å². The van der Waals surface area contributed by atoms with Crippen molar-refractivity contribution in [2.24, 2.45) is 5.73 Å². The van der Waals surface area contributed by atoms with Crippen LogP contribution >= 0.6 is 0 Å². The molecular formula is C16H12N2O. The van der Waals surface area contributed by atoms with Crippen molar-refractivity contribution in [3.63, 3.8) is 0 Å². The van der Waals surface area contributed by atoms with E-state index >= 15 is 0 Å². The molecule has 0 bridgehead atoms. The molecule has 3 heteroatoms. The van der Waals surface area contributed by atoms with Crippen molar-refractivity contribution in [1.82, 2.24) is 0 Å². The normalized spacial score (nSPS) is 10.3. The zero-order valence-electron chi connectivity index (χ0n) is 10.2. The zero-order valence-corrected chi connectivity index (χ0v) is 10.2. The molecule has 1 amide bonds. The molecule has 2 N–H and O–H groups in total. The van der Waals surface area contributed by atoms with Crippen LogP contribution in [-0.2, 0) is 0 Å². The summed E-state index contributed by atoms with van der Waals surface area (Å²) in [7, 11) is 0. The van der Waals surface area contributed by atoms with E-state index in [0.29, 0.717) is 11.1 Å². The molecule has 0 unspecified atom stereocenters. The average molecular weight is 248 g/mol. The third-order valence-corrected chi connectivity index (χ3v) is 2.70. The summed E-state index contributed by atoms with van der Waals surface area (Å²) < 4.78 is 0. The summed E-state index contributed by atoms with van der Waals surface area (Å²) in [6.07, 6.45) is 3.88. The highest BCUT2D eigenvalue weighted by Crippen LogP contribution is 2.10. The van der Waals surface area contributed by atoms with Gasteiger partial charge in [0.1, 0.15) is 0 Å². The van der Waals surface area contributed by atoms with Gasteiger partial charge >= 0.3 is 0 Å². The molecule has 0 aliphatic rings. The van der Waals surface area contributed by atoms with Gasteiger partial charge < -0.3 is 5.73 Å². The molecule has 2 aromatic rings. The summed E-state index contributed by atoms with van der Waals surface area (Å²) in [6, 6.07) is 16.4. The molecule has 19 heavy (non-hydrogen) atoms. The Labute approximate surface area is 111 Å². The number of nitriles is 1. The van der Waals surface area contributed by atoms with Crippen LogP contribution in [0.2, 0.25) is 0 Å². The van der Waals surface area contributed by atoms with Crippen LogP contribution in [0, 0.1) is 11.3 Å². The highest BCUT2D eigenvalue weighted by atomic mass is 16.1. The van der Waals surface area contributed by atoms with Crippen LogP contribution in [0.15, 0.2) is 48.5 Å². The van der Waals surface area contributed by atoms with Gasteiger partial charge in [-0.25, -0.2) is 0 Å². The van der Waals surface area contributed by atoms with Crippen LogP contribution < -0.4 is 5.73 Å². The first kappa shape index (κ1) is 12.6. The van der Waals surface area contributed by atoms with Crippen LogP contribution in [-0.4, -0.2) is 5.91 Å². The summed E-state index contributed by atoms with van der Waals surface area (Å²) in [5, 5.41) is 8.70. The van der Waals surface area contributed by atoms with E-state index in [1.165, 1.54) is 0 Å². The molecule has 3 nitrogen and oxygen atoms in total. The molecular weight excluding hydrogens is 236 g/mol. The number of benzene rings is 2. The Hall–Kier alpha value is -2.86. The number of nitrogens with two attached hydrogens (primary N) is 1. The number of hydrogen-bond donors (Lipinski definition) is 1. The minimum Gasteiger partial charge on any atom is -0.366 e. The van der Waals surface area contributed by atoms with E-state index in [-0.39, 0.29) is 0 Å². The van der Waals surface area contributed by atoms with Gasteiger partial charge in [-0.1, -0.05) is 36.4 Å². The Bertz CT molecular complexity index is 647. The second kappa shape index (κ2) is 5.65. The summed E-state index contributed by atoms with van der Waals surface area (Å²) in [4.78, 5) is 10.9. The van der Waals surface area contributed by atoms with E-state index in [2.05, 4.69) is 6.07 Å². The van der Waals surface area contributed by atoms with Crippen molar-refractivity contribution in [2.75, 3.05) is 0 Å². The molecule has 0 fully saturated rings. The Morgan fingerprint density at radius 1 is 0.947 bits per heavy atom. The lowest BCUT2D eigenvalue weighted by Gasteiger charge is -1.97. The van der Waals surface area contributed by atoms with E-state index in [1.807, 2.05) is 36.4 Å². The minimum atomic E-state index is -0.428. The van der Waals surface area contributed by atoms with Gasteiger partial charge in [-0.15, -0.1) is 0 Å². The van der Waals surface area contributed by atoms with E-state index in [9.17, 15) is 4.79 Å². The number of rotatable bonds is 3. The molecule has 0 radical (unpaired) electrons. The summed E-state index contributed by atoms with van der Waals surface area (Å²) in [5.74, 6) is -0.428. The minimum absolute atomic E-state index is 0.428. The maximum atomic E-state index is 10.9. The standard InChI is InChI=1S/C16H12N2O/c17-11-14-5-3-12(4-6-14)1-2-13-7-9-15(10-8-13)16(18)19/h1-10H,(H2,18,19)/b2-1+. The Kier molecular flexibility index (Phi) is 3.75. The second-order valence-corrected chi connectivity index (χ2v) is 4.05. The number of carbonyl (C=O) groups excluding carboxylic acids is 1. The van der Waals surface area contributed by atoms with Crippen molar-refractivity contribution >= 4 is 18.1 Å². The first-order valence-corrected chi connectivity index (χ1v) is 5.77. The molecule has 2 aromatic carbocycles. The van der Waals surface area contributed by atoms with Gasteiger partial charge in [0.15, 0.2) is 0 Å². The molecule has 0 spiro atoms. The number of amides is 1. The maximum Gasteiger partial charge on any atom is 0.248 e. The third-order valence-electron chi connectivity index (χ3n) is 2.70. The first-order valence-electron chi connectivity index (χ1n) is 5.77. The van der Waals surface area contributed by atoms with Gasteiger partial charge in [0, 0.05) is 5.56 Å². The van der Waals surface area contributed by atoms with Crippen LogP contribution in [0.1, 0.15) is 27.0 Å². The van der Waals surface area contributed by atoms with E-state index < -0.39 is 5.91 Å². The molecule has 92 valence electrons. The van der Waals surface area contributed by atoms with Gasteiger partial charge in [-0.3, -0.25) is 4.79 Å². The van der Waals surface area contributed by atoms with Gasteiger partial charge in [0.25, 0.3) is 0 Å². The van der Waals surface area contributed by atoms with Gasteiger partial charge in [-0.05, 0) is 35.4 Å². The Morgan fingerprint density at radius 2 is 1.42 bits per heavy atom. The van der Waals surface area contributed by atoms with Gasteiger partial charge in [0.2, 0.25) is 5.91 Å². The SMILES string of the molecule is N#Cc1ccc(/C=C/c2ccc(C(N)=O)cc2)cc1. The van der Waals surface area contributed by atoms with E-state index in [1.54, 1.807) is 24.3 Å². The number of primary amides is 1. The highest BCUT2D eigenvalue weighted by Gasteiger charge is 1.97. The summed E-state index contributed by atoms with van der Waals surface area (Å²) in [6.45, 7) is 0. The lowest BCUT2D eigenvalue weighted by molar-refractivity contribution is 0.100. The van der Waals surface area contributed by atoms with Crippen molar-refractivity contribution < 1.29 is 4.79 Å². The molecule has 0 aromatic heterocycles. The zero-order chi connectivity index (χ0) is 13.7. The second-order valence-electron chi connectivity index (χ2n) is 4.05. The quantitative estimate of drug-likeness (QED) is 0.849. The van der Waals surface area contributed by atoms with Crippen LogP contribution in [0.5, 0.6) is 0 Å². The summed E-state index contributed by atoms with van der Waals surface area (Å²) >= 11 is 0. The predicted molar refractivity (Wildman–Crippen MR) is 75.0 cm³/mol.